The Labute approximate surface area is 183 Å². The van der Waals surface area contributed by atoms with E-state index in [1.54, 1.807) is 24.3 Å². The molecule has 1 fully saturated rings. The molecular formula is C21H23Cl2FO4S. The van der Waals surface area contributed by atoms with E-state index in [1.807, 2.05) is 6.07 Å². The van der Waals surface area contributed by atoms with Crippen LogP contribution in [0.15, 0.2) is 30.3 Å². The van der Waals surface area contributed by atoms with E-state index in [1.165, 1.54) is 18.4 Å². The highest BCUT2D eigenvalue weighted by Crippen LogP contribution is 2.39. The maximum absolute atomic E-state index is 14.5. The van der Waals surface area contributed by atoms with Crippen molar-refractivity contribution in [1.82, 2.24) is 0 Å². The van der Waals surface area contributed by atoms with Crippen molar-refractivity contribution in [3.63, 3.8) is 0 Å². The molecule has 2 aromatic rings. The van der Waals surface area contributed by atoms with Crippen LogP contribution in [-0.2, 0) is 11.2 Å². The average molecular weight is 461 g/mol. The number of thiophene rings is 1. The fourth-order valence-electron chi connectivity index (χ4n) is 3.80. The van der Waals surface area contributed by atoms with Crippen LogP contribution < -0.4 is 4.74 Å². The number of rotatable bonds is 8. The van der Waals surface area contributed by atoms with Crippen molar-refractivity contribution in [3.05, 3.63) is 50.1 Å². The first-order valence-corrected chi connectivity index (χ1v) is 11.0. The molecule has 1 aliphatic carbocycles. The van der Waals surface area contributed by atoms with Gasteiger partial charge in [0.15, 0.2) is 0 Å². The summed E-state index contributed by atoms with van der Waals surface area (Å²) >= 11 is 13.4. The maximum atomic E-state index is 14.5. The van der Waals surface area contributed by atoms with Gasteiger partial charge < -0.3 is 14.6 Å². The molecule has 1 aromatic carbocycles. The molecule has 0 saturated heterocycles. The number of carbonyl (C=O) groups excluding carboxylic acids is 1. The van der Waals surface area contributed by atoms with Crippen molar-refractivity contribution < 1.29 is 23.8 Å². The van der Waals surface area contributed by atoms with Crippen LogP contribution in [0.4, 0.5) is 4.39 Å². The minimum Gasteiger partial charge on any atom is -0.493 e. The molecule has 0 spiro atoms. The van der Waals surface area contributed by atoms with E-state index >= 15 is 0 Å². The highest BCUT2D eigenvalue weighted by molar-refractivity contribution is 7.13. The zero-order valence-corrected chi connectivity index (χ0v) is 18.3. The number of aryl methyl sites for hydroxylation is 1. The normalized spacial score (nSPS) is 23.9. The summed E-state index contributed by atoms with van der Waals surface area (Å²) < 4.78 is 25.0. The Morgan fingerprint density at radius 2 is 1.97 bits per heavy atom. The Hall–Kier alpha value is -1.34. The number of hydrogen-bond acceptors (Lipinski definition) is 5. The summed E-state index contributed by atoms with van der Waals surface area (Å²) in [6.45, 7) is 0.203. The van der Waals surface area contributed by atoms with Gasteiger partial charge in [0.05, 0.1) is 19.8 Å². The highest BCUT2D eigenvalue weighted by Gasteiger charge is 2.42. The molecule has 0 radical (unpaired) electrons. The molecule has 8 heteroatoms. The number of aliphatic hydroxyl groups excluding tert-OH is 1. The number of hydrogen-bond donors (Lipinski definition) is 1. The SMILES string of the molecule is COC(=O)c1ccc(CCC[C@@H]2[C@@H](COc3cc(Cl)cc(Cl)c3)[C@H](O)C[C@H]2F)s1. The third kappa shape index (κ3) is 5.85. The van der Waals surface area contributed by atoms with Crippen LogP contribution in [-0.4, -0.2) is 37.1 Å². The molecule has 1 aliphatic rings. The Bertz CT molecular complexity index is 824. The number of halogens is 3. The number of aliphatic hydroxyl groups is 1. The molecule has 0 amide bonds. The monoisotopic (exact) mass is 460 g/mol. The zero-order valence-electron chi connectivity index (χ0n) is 15.9. The molecule has 1 heterocycles. The van der Waals surface area contributed by atoms with Gasteiger partial charge in [-0.05, 0) is 55.5 Å². The highest BCUT2D eigenvalue weighted by atomic mass is 35.5. The van der Waals surface area contributed by atoms with Crippen LogP contribution in [0, 0.1) is 11.8 Å². The molecule has 0 aliphatic heterocycles. The van der Waals surface area contributed by atoms with Gasteiger partial charge in [0.1, 0.15) is 16.8 Å². The van der Waals surface area contributed by atoms with Gasteiger partial charge in [0, 0.05) is 27.3 Å². The number of benzene rings is 1. The van der Waals surface area contributed by atoms with E-state index in [2.05, 4.69) is 0 Å². The van der Waals surface area contributed by atoms with Crippen LogP contribution in [0.2, 0.25) is 10.0 Å². The average Bonchev–Trinajstić information content (AvgIpc) is 3.23. The zero-order chi connectivity index (χ0) is 21.0. The van der Waals surface area contributed by atoms with Crippen LogP contribution in [0.3, 0.4) is 0 Å². The summed E-state index contributed by atoms with van der Waals surface area (Å²) in [5.41, 5.74) is 0. The van der Waals surface area contributed by atoms with Crippen molar-refractivity contribution in [3.8, 4) is 5.75 Å². The fraction of sp³-hybridized carbons (Fsp3) is 0.476. The molecule has 1 aromatic heterocycles. The van der Waals surface area contributed by atoms with Gasteiger partial charge in [0.25, 0.3) is 0 Å². The van der Waals surface area contributed by atoms with Crippen molar-refractivity contribution in [1.29, 1.82) is 0 Å². The van der Waals surface area contributed by atoms with Gasteiger partial charge in [-0.15, -0.1) is 11.3 Å². The summed E-state index contributed by atoms with van der Waals surface area (Å²) in [7, 11) is 1.36. The molecule has 29 heavy (non-hydrogen) atoms. The topological polar surface area (TPSA) is 55.8 Å². The van der Waals surface area contributed by atoms with E-state index in [9.17, 15) is 14.3 Å². The van der Waals surface area contributed by atoms with Gasteiger partial charge in [0.2, 0.25) is 0 Å². The van der Waals surface area contributed by atoms with Crippen molar-refractivity contribution >= 4 is 40.5 Å². The van der Waals surface area contributed by atoms with Crippen LogP contribution >= 0.6 is 34.5 Å². The second-order valence-corrected chi connectivity index (χ2v) is 9.25. The lowest BCUT2D eigenvalue weighted by Gasteiger charge is -2.23. The van der Waals surface area contributed by atoms with Crippen molar-refractivity contribution in [2.24, 2.45) is 11.8 Å². The summed E-state index contributed by atoms with van der Waals surface area (Å²) in [6, 6.07) is 8.54. The van der Waals surface area contributed by atoms with Gasteiger partial charge in [-0.25, -0.2) is 9.18 Å². The minimum atomic E-state index is -1.06. The molecule has 0 bridgehead atoms. The predicted octanol–water partition coefficient (Wildman–Crippen LogP) is 5.58. The third-order valence-electron chi connectivity index (χ3n) is 5.26. The van der Waals surface area contributed by atoms with E-state index in [0.29, 0.717) is 27.1 Å². The molecule has 4 atom stereocenters. The van der Waals surface area contributed by atoms with Gasteiger partial charge in [-0.3, -0.25) is 0 Å². The number of ether oxygens (including phenoxy) is 2. The first-order valence-electron chi connectivity index (χ1n) is 9.45. The summed E-state index contributed by atoms with van der Waals surface area (Å²) in [6.07, 6.45) is 0.471. The smallest absolute Gasteiger partial charge is 0.348 e. The lowest BCUT2D eigenvalue weighted by atomic mass is 9.90. The van der Waals surface area contributed by atoms with E-state index in [-0.39, 0.29) is 30.8 Å². The Morgan fingerprint density at radius 3 is 2.66 bits per heavy atom. The molecule has 1 saturated carbocycles. The number of esters is 1. The first kappa shape index (κ1) is 22.3. The summed E-state index contributed by atoms with van der Waals surface area (Å²) in [5, 5.41) is 11.2. The first-order chi connectivity index (χ1) is 13.9. The number of methoxy groups -OCH3 is 1. The van der Waals surface area contributed by atoms with Crippen molar-refractivity contribution in [2.45, 2.75) is 38.0 Å². The molecule has 158 valence electrons. The Morgan fingerprint density at radius 1 is 1.24 bits per heavy atom. The standard InChI is InChI=1S/C21H23Cl2FO4S/c1-27-21(26)20-6-5-15(29-20)3-2-4-16-17(19(25)10-18(16)24)11-28-14-8-12(22)7-13(23)9-14/h5-9,16-19,25H,2-4,10-11H2,1H3/t16-,17-,18-,19-/m1/s1. The van der Waals surface area contributed by atoms with Gasteiger partial charge in [-0.2, -0.15) is 0 Å². The second-order valence-electron chi connectivity index (χ2n) is 7.21. The molecule has 0 unspecified atom stereocenters. The van der Waals surface area contributed by atoms with Gasteiger partial charge >= 0.3 is 5.97 Å². The van der Waals surface area contributed by atoms with Crippen LogP contribution in [0.25, 0.3) is 0 Å². The van der Waals surface area contributed by atoms with Crippen LogP contribution in [0.5, 0.6) is 5.75 Å². The molecular weight excluding hydrogens is 438 g/mol. The van der Waals surface area contributed by atoms with Gasteiger partial charge in [-0.1, -0.05) is 23.2 Å². The van der Waals surface area contributed by atoms with E-state index < -0.39 is 12.3 Å². The second kappa shape index (κ2) is 10.1. The summed E-state index contributed by atoms with van der Waals surface area (Å²) in [4.78, 5) is 13.2. The predicted molar refractivity (Wildman–Crippen MR) is 113 cm³/mol. The fourth-order valence-corrected chi connectivity index (χ4v) is 5.28. The molecule has 1 N–H and O–H groups in total. The van der Waals surface area contributed by atoms with Crippen molar-refractivity contribution in [2.75, 3.05) is 13.7 Å². The lowest BCUT2D eigenvalue weighted by molar-refractivity contribution is 0.0606. The van der Waals surface area contributed by atoms with Crippen LogP contribution in [0.1, 0.15) is 33.8 Å². The Kier molecular flexibility index (Phi) is 7.79. The third-order valence-corrected chi connectivity index (χ3v) is 6.82. The van der Waals surface area contributed by atoms with E-state index in [4.69, 9.17) is 32.7 Å². The number of alkyl halides is 1. The molecule has 3 rings (SSSR count). The largest absolute Gasteiger partial charge is 0.493 e. The molecule has 4 nitrogen and oxygen atoms in total. The van der Waals surface area contributed by atoms with E-state index in [0.717, 1.165) is 17.7 Å². The maximum Gasteiger partial charge on any atom is 0.348 e. The summed E-state index contributed by atoms with van der Waals surface area (Å²) in [5.74, 6) is -0.413. The minimum absolute atomic E-state index is 0.125. The number of carbonyl (C=O) groups is 1. The quantitative estimate of drug-likeness (QED) is 0.522. The Balaban J connectivity index is 1.55. The lowest BCUT2D eigenvalue weighted by Crippen LogP contribution is -2.27.